The lowest BCUT2D eigenvalue weighted by Gasteiger charge is -2.26. The number of aromatic nitrogens is 2. The van der Waals surface area contributed by atoms with E-state index >= 15 is 0 Å². The molecular formula is C10H17N3. The van der Waals surface area contributed by atoms with E-state index in [1.807, 2.05) is 17.9 Å². The molecule has 0 bridgehead atoms. The van der Waals surface area contributed by atoms with Crippen molar-refractivity contribution in [2.24, 2.45) is 13.0 Å². The van der Waals surface area contributed by atoms with Gasteiger partial charge in [-0.3, -0.25) is 0 Å². The van der Waals surface area contributed by atoms with Crippen LogP contribution in [-0.2, 0) is 7.05 Å². The molecule has 0 amide bonds. The van der Waals surface area contributed by atoms with Gasteiger partial charge < -0.3 is 9.88 Å². The zero-order valence-electron chi connectivity index (χ0n) is 8.33. The molecule has 0 aliphatic carbocycles. The van der Waals surface area contributed by atoms with Crippen molar-refractivity contribution in [2.45, 2.75) is 25.8 Å². The summed E-state index contributed by atoms with van der Waals surface area (Å²) < 4.78 is 2.01. The van der Waals surface area contributed by atoms with Crippen LogP contribution >= 0.6 is 0 Å². The third-order valence-corrected chi connectivity index (χ3v) is 2.74. The van der Waals surface area contributed by atoms with Crippen molar-refractivity contribution in [1.82, 2.24) is 14.9 Å². The van der Waals surface area contributed by atoms with Crippen molar-refractivity contribution in [3.63, 3.8) is 0 Å². The fourth-order valence-corrected chi connectivity index (χ4v) is 1.86. The summed E-state index contributed by atoms with van der Waals surface area (Å²) in [6, 6.07) is 0.484. The van der Waals surface area contributed by atoms with Crippen molar-refractivity contribution in [2.75, 3.05) is 6.54 Å². The Kier molecular flexibility index (Phi) is 2.36. The Hall–Kier alpha value is -0.830. The van der Waals surface area contributed by atoms with Gasteiger partial charge in [-0.15, -0.1) is 0 Å². The average Bonchev–Trinajstić information content (AvgIpc) is 2.53. The van der Waals surface area contributed by atoms with Gasteiger partial charge in [0.15, 0.2) is 0 Å². The summed E-state index contributed by atoms with van der Waals surface area (Å²) in [5.41, 5.74) is 1.19. The molecule has 1 saturated heterocycles. The number of nitrogens with one attached hydrogen (secondary N) is 1. The molecule has 1 aromatic rings. The predicted molar refractivity (Wildman–Crippen MR) is 52.3 cm³/mol. The van der Waals surface area contributed by atoms with Crippen LogP contribution in [0.2, 0.25) is 0 Å². The van der Waals surface area contributed by atoms with Crippen LogP contribution in [0, 0.1) is 5.92 Å². The van der Waals surface area contributed by atoms with Gasteiger partial charge in [0.25, 0.3) is 0 Å². The number of hydrogen-bond acceptors (Lipinski definition) is 2. The molecule has 2 unspecified atom stereocenters. The zero-order chi connectivity index (χ0) is 9.26. The van der Waals surface area contributed by atoms with Crippen LogP contribution in [-0.4, -0.2) is 16.1 Å². The van der Waals surface area contributed by atoms with Gasteiger partial charge in [-0.05, 0) is 25.3 Å². The molecule has 1 aliphatic rings. The Morgan fingerprint density at radius 2 is 2.38 bits per heavy atom. The molecule has 2 atom stereocenters. The summed E-state index contributed by atoms with van der Waals surface area (Å²) in [4.78, 5) is 4.36. The van der Waals surface area contributed by atoms with E-state index in [4.69, 9.17) is 0 Å². The third kappa shape index (κ3) is 1.91. The lowest BCUT2D eigenvalue weighted by molar-refractivity contribution is 0.329. The number of imidazole rings is 1. The second kappa shape index (κ2) is 3.50. The van der Waals surface area contributed by atoms with E-state index in [2.05, 4.69) is 23.4 Å². The summed E-state index contributed by atoms with van der Waals surface area (Å²) in [5.74, 6) is 0.819. The number of nitrogens with zero attached hydrogens (tertiary/aromatic N) is 2. The Morgan fingerprint density at radius 1 is 1.54 bits per heavy atom. The lowest BCUT2D eigenvalue weighted by atomic mass is 9.95. The topological polar surface area (TPSA) is 29.9 Å². The molecule has 0 spiro atoms. The van der Waals surface area contributed by atoms with Gasteiger partial charge in [-0.1, -0.05) is 6.92 Å². The maximum atomic E-state index is 4.36. The lowest BCUT2D eigenvalue weighted by Crippen LogP contribution is -2.32. The molecule has 1 fully saturated rings. The van der Waals surface area contributed by atoms with E-state index < -0.39 is 0 Å². The molecule has 0 aromatic carbocycles. The van der Waals surface area contributed by atoms with Crippen molar-refractivity contribution in [1.29, 1.82) is 0 Å². The highest BCUT2D eigenvalue weighted by Gasteiger charge is 2.20. The van der Waals surface area contributed by atoms with Gasteiger partial charge in [-0.25, -0.2) is 4.98 Å². The Labute approximate surface area is 79.2 Å². The highest BCUT2D eigenvalue weighted by Crippen LogP contribution is 2.23. The summed E-state index contributed by atoms with van der Waals surface area (Å²) in [7, 11) is 2.02. The minimum Gasteiger partial charge on any atom is -0.340 e. The van der Waals surface area contributed by atoms with E-state index in [0.717, 1.165) is 12.5 Å². The first-order valence-electron chi connectivity index (χ1n) is 4.97. The Bertz CT molecular complexity index is 271. The largest absolute Gasteiger partial charge is 0.340 e. The van der Waals surface area contributed by atoms with Crippen LogP contribution in [0.5, 0.6) is 0 Å². The molecule has 0 saturated carbocycles. The smallest absolute Gasteiger partial charge is 0.0947 e. The second-order valence-corrected chi connectivity index (χ2v) is 4.11. The standard InChI is InChI=1S/C10H17N3/c1-8-3-4-9(11-5-8)10-6-13(2)7-12-10/h6-9,11H,3-5H2,1-2H3. The van der Waals surface area contributed by atoms with Gasteiger partial charge >= 0.3 is 0 Å². The molecule has 0 radical (unpaired) electrons. The Balaban J connectivity index is 2.02. The number of rotatable bonds is 1. The SMILES string of the molecule is CC1CCC(c2cn(C)cn2)NC1. The van der Waals surface area contributed by atoms with Gasteiger partial charge in [0.2, 0.25) is 0 Å². The number of piperidine rings is 1. The first-order valence-corrected chi connectivity index (χ1v) is 4.97. The van der Waals surface area contributed by atoms with Crippen LogP contribution in [0.3, 0.4) is 0 Å². The third-order valence-electron chi connectivity index (χ3n) is 2.74. The normalized spacial score (nSPS) is 29.1. The number of aryl methyl sites for hydroxylation is 1. The summed E-state index contributed by atoms with van der Waals surface area (Å²) in [5, 5.41) is 3.52. The fraction of sp³-hybridized carbons (Fsp3) is 0.700. The van der Waals surface area contributed by atoms with Crippen molar-refractivity contribution in [3.8, 4) is 0 Å². The molecule has 1 aliphatic heterocycles. The average molecular weight is 179 g/mol. The Morgan fingerprint density at radius 3 is 2.92 bits per heavy atom. The van der Waals surface area contributed by atoms with Crippen LogP contribution < -0.4 is 5.32 Å². The predicted octanol–water partition coefficient (Wildman–Crippen LogP) is 1.48. The first kappa shape index (κ1) is 8.75. The number of hydrogen-bond donors (Lipinski definition) is 1. The molecule has 1 N–H and O–H groups in total. The first-order chi connectivity index (χ1) is 6.25. The summed E-state index contributed by atoms with van der Waals surface area (Å²) in [6.45, 7) is 3.42. The minimum atomic E-state index is 0.484. The van der Waals surface area contributed by atoms with Gasteiger partial charge in [-0.2, -0.15) is 0 Å². The molecule has 3 nitrogen and oxygen atoms in total. The van der Waals surface area contributed by atoms with Crippen LogP contribution in [0.25, 0.3) is 0 Å². The van der Waals surface area contributed by atoms with Crippen molar-refractivity contribution >= 4 is 0 Å². The summed E-state index contributed by atoms with van der Waals surface area (Å²) in [6.07, 6.45) is 6.51. The van der Waals surface area contributed by atoms with Crippen LogP contribution in [0.1, 0.15) is 31.5 Å². The van der Waals surface area contributed by atoms with Gasteiger partial charge in [0.05, 0.1) is 18.1 Å². The van der Waals surface area contributed by atoms with Crippen molar-refractivity contribution in [3.05, 3.63) is 18.2 Å². The molecular weight excluding hydrogens is 162 g/mol. The zero-order valence-corrected chi connectivity index (χ0v) is 8.33. The van der Waals surface area contributed by atoms with Crippen molar-refractivity contribution < 1.29 is 0 Å². The highest BCUT2D eigenvalue weighted by atomic mass is 15.0. The molecule has 3 heteroatoms. The molecule has 2 rings (SSSR count). The van der Waals surface area contributed by atoms with Gasteiger partial charge in [0.1, 0.15) is 0 Å². The minimum absolute atomic E-state index is 0.484. The van der Waals surface area contributed by atoms with Gasteiger partial charge in [0, 0.05) is 13.2 Å². The molecule has 72 valence electrons. The van der Waals surface area contributed by atoms with E-state index in [9.17, 15) is 0 Å². The van der Waals surface area contributed by atoms with E-state index in [0.29, 0.717) is 6.04 Å². The quantitative estimate of drug-likeness (QED) is 0.707. The molecule has 2 heterocycles. The fourth-order valence-electron chi connectivity index (χ4n) is 1.86. The summed E-state index contributed by atoms with van der Waals surface area (Å²) >= 11 is 0. The van der Waals surface area contributed by atoms with E-state index in [1.54, 1.807) is 0 Å². The van der Waals surface area contributed by atoms with Crippen LogP contribution in [0.15, 0.2) is 12.5 Å². The van der Waals surface area contributed by atoms with Crippen LogP contribution in [0.4, 0.5) is 0 Å². The monoisotopic (exact) mass is 179 g/mol. The van der Waals surface area contributed by atoms with E-state index in [-0.39, 0.29) is 0 Å². The second-order valence-electron chi connectivity index (χ2n) is 4.11. The molecule has 13 heavy (non-hydrogen) atoms. The maximum Gasteiger partial charge on any atom is 0.0947 e. The highest BCUT2D eigenvalue weighted by molar-refractivity contribution is 5.04. The maximum absolute atomic E-state index is 4.36. The molecule has 1 aromatic heterocycles. The van der Waals surface area contributed by atoms with E-state index in [1.165, 1.54) is 18.5 Å².